The highest BCUT2D eigenvalue weighted by Gasteiger charge is 2.32. The molecule has 9 aromatic rings. The van der Waals surface area contributed by atoms with Gasteiger partial charge in [-0.25, -0.2) is 4.98 Å². The van der Waals surface area contributed by atoms with Crippen LogP contribution in [0.4, 0.5) is 22.7 Å². The molecule has 0 saturated heterocycles. The summed E-state index contributed by atoms with van der Waals surface area (Å²) in [7, 11) is 0. The molecule has 62 heavy (non-hydrogen) atoms. The molecule has 0 unspecified atom stereocenters. The average molecular weight is 824 g/mol. The summed E-state index contributed by atoms with van der Waals surface area (Å²) < 4.78 is 137. The number of hydrogen-bond acceptors (Lipinski definition) is 4. The number of ether oxygens (including phenoxy) is 1. The molecule has 0 bridgehead atoms. The minimum Gasteiger partial charge on any atom is -0.457 e. The molecule has 0 aliphatic carbocycles. The van der Waals surface area contributed by atoms with Gasteiger partial charge in [-0.1, -0.05) is 144 Å². The van der Waals surface area contributed by atoms with Crippen LogP contribution in [0, 0.1) is 6.85 Å². The SMILES string of the molecule is [2H]c1nc(-n2c3cc(Oc4cccc(N5CN(c6c(-c7cc(C(C)(C)C)cc(C(C)(C)C)c7)cccc6-c6c([2H])c([2H])c([2H])c([2H])c6[2H])c6ccccc65)c4)ccc3c3c([2H])c([2H])c([2H])c([2H])c32)c([2H])c(C([2H])([2H])[2H])c1[2H]. The largest absolute Gasteiger partial charge is 0.457 e. The van der Waals surface area contributed by atoms with Crippen molar-refractivity contribution in [2.45, 2.75) is 59.2 Å². The van der Waals surface area contributed by atoms with Gasteiger partial charge in [0.1, 0.15) is 24.0 Å². The van der Waals surface area contributed by atoms with Crippen molar-refractivity contribution in [1.82, 2.24) is 9.55 Å². The lowest BCUT2D eigenvalue weighted by Crippen LogP contribution is -2.25. The predicted molar refractivity (Wildman–Crippen MR) is 260 cm³/mol. The zero-order valence-electron chi connectivity index (χ0n) is 50.2. The molecule has 0 N–H and O–H groups in total. The zero-order chi connectivity index (χ0) is 55.7. The Morgan fingerprint density at radius 2 is 1.27 bits per heavy atom. The lowest BCUT2D eigenvalue weighted by molar-refractivity contribution is 0.483. The molecule has 306 valence electrons. The first kappa shape index (κ1) is 25.6. The smallest absolute Gasteiger partial charge is 0.137 e. The second-order valence-electron chi connectivity index (χ2n) is 17.5. The van der Waals surface area contributed by atoms with Crippen molar-refractivity contribution in [2.24, 2.45) is 0 Å². The van der Waals surface area contributed by atoms with Crippen LogP contribution >= 0.6 is 0 Å². The molecule has 0 fully saturated rings. The summed E-state index contributed by atoms with van der Waals surface area (Å²) in [5, 5.41) is 0.380. The Bertz CT molecular complexity index is 3890. The van der Waals surface area contributed by atoms with Gasteiger partial charge in [0.15, 0.2) is 0 Å². The van der Waals surface area contributed by atoms with E-state index in [2.05, 4.69) is 74.5 Å². The summed E-state index contributed by atoms with van der Waals surface area (Å²) in [6.45, 7) is 10.2. The number of nitrogens with zero attached hydrogens (tertiary/aromatic N) is 4. The monoisotopic (exact) mass is 824 g/mol. The van der Waals surface area contributed by atoms with E-state index >= 15 is 0 Å². The van der Waals surface area contributed by atoms with E-state index in [0.29, 0.717) is 28.1 Å². The van der Waals surface area contributed by atoms with Gasteiger partial charge in [0.05, 0.1) is 44.5 Å². The minimum atomic E-state index is -2.99. The van der Waals surface area contributed by atoms with E-state index in [1.807, 2.05) is 54.6 Å². The average Bonchev–Trinajstić information content (AvgIpc) is 4.16. The third-order valence-electron chi connectivity index (χ3n) is 11.3. The van der Waals surface area contributed by atoms with Crippen molar-refractivity contribution in [3.05, 3.63) is 192 Å². The summed E-state index contributed by atoms with van der Waals surface area (Å²) in [5.74, 6) is 0.188. The van der Waals surface area contributed by atoms with E-state index in [-0.39, 0.29) is 63.4 Å². The molecule has 5 heteroatoms. The van der Waals surface area contributed by atoms with Gasteiger partial charge in [0.25, 0.3) is 0 Å². The highest BCUT2D eigenvalue weighted by Crippen LogP contribution is 2.51. The fourth-order valence-corrected chi connectivity index (χ4v) is 8.17. The molecule has 0 atom stereocenters. The minimum absolute atomic E-state index is 0.0670. The maximum Gasteiger partial charge on any atom is 0.137 e. The maximum atomic E-state index is 9.21. The van der Waals surface area contributed by atoms with Crippen LogP contribution in [0.15, 0.2) is 176 Å². The Morgan fingerprint density at radius 1 is 0.597 bits per heavy atom. The summed E-state index contributed by atoms with van der Waals surface area (Å²) in [5.41, 5.74) is 6.21. The molecule has 0 radical (unpaired) electrons. The number of pyridine rings is 1. The fourth-order valence-electron chi connectivity index (χ4n) is 8.17. The van der Waals surface area contributed by atoms with Crippen LogP contribution in [0.1, 0.15) is 78.8 Å². The lowest BCUT2D eigenvalue weighted by Gasteiger charge is -2.29. The van der Waals surface area contributed by atoms with Crippen molar-refractivity contribution in [3.63, 3.8) is 0 Å². The number of anilines is 4. The number of hydrogen-bond donors (Lipinski definition) is 0. The van der Waals surface area contributed by atoms with Gasteiger partial charge >= 0.3 is 0 Å². The Kier molecular flexibility index (Phi) is 6.24. The molecule has 7 aromatic carbocycles. The molecule has 2 aromatic heterocycles. The normalized spacial score (nSPS) is 16.6. The van der Waals surface area contributed by atoms with Crippen molar-refractivity contribution < 1.29 is 25.3 Å². The summed E-state index contributed by atoms with van der Waals surface area (Å²) in [6, 6.07) is 26.7. The number of benzene rings is 7. The van der Waals surface area contributed by atoms with Crippen molar-refractivity contribution in [3.8, 4) is 39.6 Å². The van der Waals surface area contributed by atoms with Gasteiger partial charge < -0.3 is 14.5 Å². The fraction of sp³-hybridized carbons (Fsp3) is 0.175. The van der Waals surface area contributed by atoms with Crippen LogP contribution in [0.5, 0.6) is 11.5 Å². The molecule has 3 heterocycles. The van der Waals surface area contributed by atoms with E-state index in [0.717, 1.165) is 33.6 Å². The molecule has 0 amide bonds. The number of fused-ring (bicyclic) bond motifs is 4. The summed E-state index contributed by atoms with van der Waals surface area (Å²) in [6.07, 6.45) is -0.734. The van der Waals surface area contributed by atoms with Gasteiger partial charge in [-0.15, -0.1) is 0 Å². The van der Waals surface area contributed by atoms with Gasteiger partial charge in [0.2, 0.25) is 0 Å². The van der Waals surface area contributed by atoms with Crippen LogP contribution < -0.4 is 14.5 Å². The van der Waals surface area contributed by atoms with Crippen LogP contribution in [0.3, 0.4) is 0 Å². The lowest BCUT2D eigenvalue weighted by atomic mass is 9.78. The van der Waals surface area contributed by atoms with Gasteiger partial charge in [-0.05, 0) is 100 Å². The van der Waals surface area contributed by atoms with Crippen molar-refractivity contribution in [1.29, 1.82) is 0 Å². The Hall–Kier alpha value is -7.11. The predicted octanol–water partition coefficient (Wildman–Crippen LogP) is 15.5. The van der Waals surface area contributed by atoms with E-state index in [1.54, 1.807) is 30.3 Å². The van der Waals surface area contributed by atoms with Crippen LogP contribution in [-0.2, 0) is 10.8 Å². The second kappa shape index (κ2) is 15.1. The first-order valence-electron chi connectivity index (χ1n) is 27.9. The molecule has 10 rings (SSSR count). The van der Waals surface area contributed by atoms with Gasteiger partial charge in [-0.3, -0.25) is 4.57 Å². The molecule has 0 spiro atoms. The summed E-state index contributed by atoms with van der Waals surface area (Å²) in [4.78, 5) is 8.37. The van der Waals surface area contributed by atoms with Crippen LogP contribution in [0.25, 0.3) is 49.9 Å². The number of para-hydroxylation sites is 4. The van der Waals surface area contributed by atoms with Crippen molar-refractivity contribution in [2.75, 3.05) is 16.5 Å². The maximum absolute atomic E-state index is 9.21. The van der Waals surface area contributed by atoms with Crippen LogP contribution in [-0.4, -0.2) is 16.2 Å². The molecular formula is C57H52N4O. The second-order valence-corrected chi connectivity index (χ2v) is 17.5. The highest BCUT2D eigenvalue weighted by atomic mass is 16.5. The number of rotatable bonds is 7. The molecule has 1 aliphatic rings. The highest BCUT2D eigenvalue weighted by molar-refractivity contribution is 6.09. The van der Waals surface area contributed by atoms with Gasteiger partial charge in [0, 0.05) is 50.0 Å². The Morgan fingerprint density at radius 3 is 2.02 bits per heavy atom. The molecule has 0 saturated carbocycles. The van der Waals surface area contributed by atoms with E-state index < -0.39 is 72.7 Å². The third kappa shape index (κ3) is 7.07. The summed E-state index contributed by atoms with van der Waals surface area (Å²) >= 11 is 0. The van der Waals surface area contributed by atoms with Crippen LogP contribution in [0.2, 0.25) is 0 Å². The quantitative estimate of drug-likeness (QED) is 0.160. The molecule has 5 nitrogen and oxygen atoms in total. The van der Waals surface area contributed by atoms with Crippen molar-refractivity contribution >= 4 is 44.6 Å². The van der Waals surface area contributed by atoms with Gasteiger partial charge in [-0.2, -0.15) is 0 Å². The molecular weight excluding hydrogens is 757 g/mol. The Balaban J connectivity index is 1.12. The first-order valence-corrected chi connectivity index (χ1v) is 20.4. The van der Waals surface area contributed by atoms with E-state index in [1.165, 1.54) is 4.57 Å². The van der Waals surface area contributed by atoms with E-state index in [9.17, 15) is 2.74 Å². The first-order chi connectivity index (χ1) is 36.1. The standard InChI is InChI=1S/C57H52N4O/c1-38-29-30-58-54(31-38)61-50-24-12-11-21-48(50)49-28-27-45(36-53(49)61)62-44-20-15-19-43(35-44)59-37-60(52-26-14-13-25-51(52)59)55-46(39-17-9-8-10-18-39)22-16-23-47(55)40-32-41(56(2,3)4)34-42(33-40)57(5,6)7/h8-36H,37H2,1-7H3/i1D3,8D,9D,10D,11D,12D,17D,18D,21D,24D,29D,30D,31D. The zero-order valence-corrected chi connectivity index (χ0v) is 35.2. The molecule has 1 aliphatic heterocycles. The van der Waals surface area contributed by atoms with E-state index in [4.69, 9.17) is 22.6 Å². The third-order valence-corrected chi connectivity index (χ3v) is 11.3. The Labute approximate surface area is 386 Å². The topological polar surface area (TPSA) is 33.5 Å². The number of aromatic nitrogens is 2.